The Kier molecular flexibility index (Phi) is 6.49. The van der Waals surface area contributed by atoms with Gasteiger partial charge in [0.2, 0.25) is 5.91 Å². The van der Waals surface area contributed by atoms with Crippen LogP contribution in [0.15, 0.2) is 51.4 Å². The molecule has 0 aliphatic rings. The number of aromatic nitrogens is 2. The van der Waals surface area contributed by atoms with Gasteiger partial charge in [-0.25, -0.2) is 9.36 Å². The normalized spacial score (nSPS) is 11.0. The van der Waals surface area contributed by atoms with Gasteiger partial charge in [-0.2, -0.15) is 0 Å². The number of carbonyl (C=O) groups excluding carboxylic acids is 1. The van der Waals surface area contributed by atoms with Crippen LogP contribution in [-0.2, 0) is 11.3 Å². The minimum atomic E-state index is -0.599. The second kappa shape index (κ2) is 9.36. The zero-order chi connectivity index (χ0) is 24.6. The maximum absolute atomic E-state index is 13.5. The smallest absolute Gasteiger partial charge is 0.336 e. The summed E-state index contributed by atoms with van der Waals surface area (Å²) in [6.45, 7) is 3.46. The monoisotopic (exact) mass is 499 g/mol. The molecule has 0 fully saturated rings. The Morgan fingerprint density at radius 1 is 1.06 bits per heavy atom. The summed E-state index contributed by atoms with van der Waals surface area (Å²) in [6, 6.07) is 10.2. The molecule has 0 atom stereocenters. The Balaban J connectivity index is 1.78. The van der Waals surface area contributed by atoms with E-state index in [-0.39, 0.29) is 6.54 Å². The van der Waals surface area contributed by atoms with Crippen molar-refractivity contribution in [3.05, 3.63) is 78.8 Å². The number of carbonyl (C=O) groups is 1. The highest BCUT2D eigenvalue weighted by molar-refractivity contribution is 7.17. The predicted molar refractivity (Wildman–Crippen MR) is 134 cm³/mol. The summed E-state index contributed by atoms with van der Waals surface area (Å²) < 4.78 is 13.3. The van der Waals surface area contributed by atoms with Crippen LogP contribution in [0.25, 0.3) is 15.9 Å². The standard InChI is InChI=1S/C24H22ClN3O5S/c1-13-5-6-17(14(2)9-13)28-23(30)22-18(7-8-34-22)27(24(28)31)12-21(29)26-16-10-15(25)19(32-3)11-20(16)33-4/h5-11H,12H2,1-4H3,(H,26,29). The molecule has 176 valence electrons. The number of nitrogens with one attached hydrogen (secondary N) is 1. The molecule has 2 aromatic heterocycles. The van der Waals surface area contributed by atoms with Crippen molar-refractivity contribution < 1.29 is 14.3 Å². The molecule has 0 saturated heterocycles. The molecule has 0 saturated carbocycles. The van der Waals surface area contributed by atoms with Gasteiger partial charge in [0.05, 0.1) is 36.1 Å². The number of anilines is 1. The molecule has 4 aromatic rings. The fourth-order valence-electron chi connectivity index (χ4n) is 3.80. The lowest BCUT2D eigenvalue weighted by atomic mass is 10.1. The topological polar surface area (TPSA) is 91.6 Å². The van der Waals surface area contributed by atoms with Gasteiger partial charge in [-0.05, 0) is 43.0 Å². The molecule has 0 aliphatic heterocycles. The second-order valence-electron chi connectivity index (χ2n) is 7.67. The SMILES string of the molecule is COc1cc(OC)c(NC(=O)Cn2c(=O)n(-c3ccc(C)cc3C)c(=O)c3sccc32)cc1Cl. The average molecular weight is 500 g/mol. The number of rotatable bonds is 6. The van der Waals surface area contributed by atoms with Crippen LogP contribution in [0.4, 0.5) is 5.69 Å². The predicted octanol–water partition coefficient (Wildman–Crippen LogP) is 4.14. The van der Waals surface area contributed by atoms with Gasteiger partial charge in [0.25, 0.3) is 5.56 Å². The van der Waals surface area contributed by atoms with Gasteiger partial charge in [0.15, 0.2) is 0 Å². The van der Waals surface area contributed by atoms with Gasteiger partial charge in [-0.3, -0.25) is 14.2 Å². The third-order valence-electron chi connectivity index (χ3n) is 5.40. The lowest BCUT2D eigenvalue weighted by Crippen LogP contribution is -2.40. The van der Waals surface area contributed by atoms with E-state index < -0.39 is 17.2 Å². The number of thiophene rings is 1. The first-order chi connectivity index (χ1) is 16.2. The van der Waals surface area contributed by atoms with Crippen molar-refractivity contribution in [2.75, 3.05) is 19.5 Å². The summed E-state index contributed by atoms with van der Waals surface area (Å²) in [5.74, 6) is 0.260. The van der Waals surface area contributed by atoms with Gasteiger partial charge >= 0.3 is 5.69 Å². The molecule has 8 nitrogen and oxygen atoms in total. The van der Waals surface area contributed by atoms with Crippen LogP contribution in [0.5, 0.6) is 11.5 Å². The van der Waals surface area contributed by atoms with Gasteiger partial charge in [-0.15, -0.1) is 11.3 Å². The Bertz CT molecular complexity index is 1540. The molecule has 34 heavy (non-hydrogen) atoms. The Morgan fingerprint density at radius 3 is 2.47 bits per heavy atom. The molecule has 4 rings (SSSR count). The van der Waals surface area contributed by atoms with E-state index in [2.05, 4.69) is 5.32 Å². The van der Waals surface area contributed by atoms with Gasteiger partial charge < -0.3 is 14.8 Å². The van der Waals surface area contributed by atoms with Crippen LogP contribution >= 0.6 is 22.9 Å². The van der Waals surface area contributed by atoms with Gasteiger partial charge in [0.1, 0.15) is 22.7 Å². The Labute approximate surface area is 203 Å². The van der Waals surface area contributed by atoms with E-state index in [1.165, 1.54) is 36.2 Å². The van der Waals surface area contributed by atoms with E-state index in [0.29, 0.717) is 38.1 Å². The third-order valence-corrected chi connectivity index (χ3v) is 6.58. The number of ether oxygens (including phenoxy) is 2. The Morgan fingerprint density at radius 2 is 1.79 bits per heavy atom. The van der Waals surface area contributed by atoms with Crippen molar-refractivity contribution in [3.63, 3.8) is 0 Å². The quantitative estimate of drug-likeness (QED) is 0.430. The molecule has 1 amide bonds. The zero-order valence-electron chi connectivity index (χ0n) is 19.0. The van der Waals surface area contributed by atoms with Gasteiger partial charge in [0, 0.05) is 6.07 Å². The fourth-order valence-corrected chi connectivity index (χ4v) is 4.86. The fraction of sp³-hybridized carbons (Fsp3) is 0.208. The number of benzene rings is 2. The molecule has 0 spiro atoms. The molecule has 2 aromatic carbocycles. The number of nitrogens with zero attached hydrogens (tertiary/aromatic N) is 2. The van der Waals surface area contributed by atoms with Crippen LogP contribution in [0.3, 0.4) is 0 Å². The van der Waals surface area contributed by atoms with Crippen molar-refractivity contribution in [2.24, 2.45) is 0 Å². The molecule has 0 radical (unpaired) electrons. The maximum Gasteiger partial charge on any atom is 0.336 e. The number of hydrogen-bond acceptors (Lipinski definition) is 6. The van der Waals surface area contributed by atoms with Crippen molar-refractivity contribution in [2.45, 2.75) is 20.4 Å². The highest BCUT2D eigenvalue weighted by Crippen LogP contribution is 2.35. The summed E-state index contributed by atoms with van der Waals surface area (Å²) in [7, 11) is 2.93. The van der Waals surface area contributed by atoms with Crippen molar-refractivity contribution in [1.82, 2.24) is 9.13 Å². The minimum absolute atomic E-state index is 0.291. The van der Waals surface area contributed by atoms with Crippen LogP contribution in [-0.4, -0.2) is 29.3 Å². The highest BCUT2D eigenvalue weighted by atomic mass is 35.5. The molecule has 1 N–H and O–H groups in total. The summed E-state index contributed by atoms with van der Waals surface area (Å²) in [4.78, 5) is 39.6. The number of amides is 1. The maximum atomic E-state index is 13.5. The molecule has 0 aliphatic carbocycles. The largest absolute Gasteiger partial charge is 0.495 e. The highest BCUT2D eigenvalue weighted by Gasteiger charge is 2.20. The first kappa shape index (κ1) is 23.6. The number of aryl methyl sites for hydroxylation is 2. The van der Waals surface area contributed by atoms with Crippen molar-refractivity contribution in [3.8, 4) is 17.2 Å². The second-order valence-corrected chi connectivity index (χ2v) is 8.99. The van der Waals surface area contributed by atoms with E-state index in [4.69, 9.17) is 21.1 Å². The zero-order valence-corrected chi connectivity index (χ0v) is 20.5. The lowest BCUT2D eigenvalue weighted by molar-refractivity contribution is -0.116. The first-order valence-corrected chi connectivity index (χ1v) is 11.5. The first-order valence-electron chi connectivity index (χ1n) is 10.3. The molecule has 0 unspecified atom stereocenters. The molecule has 0 bridgehead atoms. The summed E-state index contributed by atoms with van der Waals surface area (Å²) in [5.41, 5.74) is 1.99. The minimum Gasteiger partial charge on any atom is -0.495 e. The summed E-state index contributed by atoms with van der Waals surface area (Å²) in [5, 5.41) is 4.74. The Hall–Kier alpha value is -3.56. The van der Waals surface area contributed by atoms with E-state index in [9.17, 15) is 14.4 Å². The van der Waals surface area contributed by atoms with E-state index in [0.717, 1.165) is 15.7 Å². The summed E-state index contributed by atoms with van der Waals surface area (Å²) in [6.07, 6.45) is 0. The lowest BCUT2D eigenvalue weighted by Gasteiger charge is -2.15. The number of methoxy groups -OCH3 is 2. The molecular formula is C24H22ClN3O5S. The van der Waals surface area contributed by atoms with E-state index in [1.807, 2.05) is 26.0 Å². The molecule has 2 heterocycles. The van der Waals surface area contributed by atoms with E-state index in [1.54, 1.807) is 23.6 Å². The molecule has 10 heteroatoms. The van der Waals surface area contributed by atoms with Crippen molar-refractivity contribution in [1.29, 1.82) is 0 Å². The van der Waals surface area contributed by atoms with Gasteiger partial charge in [-0.1, -0.05) is 29.3 Å². The average Bonchev–Trinajstić information content (AvgIpc) is 3.28. The number of hydrogen-bond donors (Lipinski definition) is 1. The van der Waals surface area contributed by atoms with Crippen LogP contribution in [0, 0.1) is 13.8 Å². The van der Waals surface area contributed by atoms with Crippen LogP contribution in [0.1, 0.15) is 11.1 Å². The molecular weight excluding hydrogens is 478 g/mol. The number of fused-ring (bicyclic) bond motifs is 1. The van der Waals surface area contributed by atoms with Crippen LogP contribution < -0.4 is 26.0 Å². The van der Waals surface area contributed by atoms with Crippen molar-refractivity contribution >= 4 is 44.7 Å². The number of halogens is 1. The van der Waals surface area contributed by atoms with Crippen LogP contribution in [0.2, 0.25) is 5.02 Å². The third kappa shape index (κ3) is 4.20. The summed E-state index contributed by atoms with van der Waals surface area (Å²) >= 11 is 7.42. The van der Waals surface area contributed by atoms with E-state index >= 15 is 0 Å².